The number of hydrogen-bond acceptors (Lipinski definition) is 3. The molecule has 5 heteroatoms. The molecule has 1 saturated heterocycles. The van der Waals surface area contributed by atoms with E-state index in [1.54, 1.807) is 17.4 Å². The molecule has 0 amide bonds. The van der Waals surface area contributed by atoms with Gasteiger partial charge in [-0.3, -0.25) is 4.90 Å². The van der Waals surface area contributed by atoms with Crippen LogP contribution in [0.15, 0.2) is 48.5 Å². The van der Waals surface area contributed by atoms with E-state index in [4.69, 9.17) is 0 Å². The minimum Gasteiger partial charge on any atom is -0.315 e. The predicted octanol–water partition coefficient (Wildman–Crippen LogP) is 4.56. The molecule has 0 spiro atoms. The molecule has 130 valence electrons. The fraction of sp³-hybridized carbons (Fsp3) is 0.300. The zero-order valence-electron chi connectivity index (χ0n) is 13.8. The first-order valence-electron chi connectivity index (χ1n) is 8.60. The van der Waals surface area contributed by atoms with Crippen molar-refractivity contribution in [3.8, 4) is 0 Å². The number of rotatable bonds is 3. The van der Waals surface area contributed by atoms with Crippen molar-refractivity contribution in [2.24, 2.45) is 0 Å². The summed E-state index contributed by atoms with van der Waals surface area (Å²) >= 11 is 1.69. The number of thiophene rings is 1. The van der Waals surface area contributed by atoms with Crippen molar-refractivity contribution in [2.45, 2.75) is 12.5 Å². The quantitative estimate of drug-likeness (QED) is 0.738. The Morgan fingerprint density at radius 2 is 1.88 bits per heavy atom. The van der Waals surface area contributed by atoms with Gasteiger partial charge in [-0.15, -0.1) is 11.3 Å². The van der Waals surface area contributed by atoms with E-state index in [1.807, 2.05) is 12.1 Å². The maximum Gasteiger partial charge on any atom is 0.131 e. The summed E-state index contributed by atoms with van der Waals surface area (Å²) in [6.07, 6.45) is 1.02. The van der Waals surface area contributed by atoms with Gasteiger partial charge in [0.25, 0.3) is 0 Å². The lowest BCUT2D eigenvalue weighted by molar-refractivity contribution is 0.239. The van der Waals surface area contributed by atoms with Crippen LogP contribution in [-0.2, 0) is 0 Å². The summed E-state index contributed by atoms with van der Waals surface area (Å²) in [7, 11) is 0. The van der Waals surface area contributed by atoms with E-state index < -0.39 is 11.6 Å². The molecule has 1 unspecified atom stereocenters. The molecule has 0 bridgehead atoms. The molecule has 0 aliphatic carbocycles. The molecule has 1 atom stereocenters. The van der Waals surface area contributed by atoms with Gasteiger partial charge >= 0.3 is 0 Å². The largest absolute Gasteiger partial charge is 0.315 e. The third-order valence-corrected chi connectivity index (χ3v) is 5.88. The Kier molecular flexibility index (Phi) is 4.79. The third-order valence-electron chi connectivity index (χ3n) is 4.71. The molecule has 0 radical (unpaired) electrons. The summed E-state index contributed by atoms with van der Waals surface area (Å²) in [4.78, 5) is 3.41. The third kappa shape index (κ3) is 3.45. The van der Waals surface area contributed by atoms with Crippen LogP contribution in [0.3, 0.4) is 0 Å². The second-order valence-corrected chi connectivity index (χ2v) is 7.51. The lowest BCUT2D eigenvalue weighted by Gasteiger charge is -2.30. The van der Waals surface area contributed by atoms with Crippen LogP contribution in [0.1, 0.15) is 22.9 Å². The molecular formula is C20H20F2N2S. The first-order chi connectivity index (χ1) is 12.2. The van der Waals surface area contributed by atoms with Gasteiger partial charge in [-0.05, 0) is 36.6 Å². The summed E-state index contributed by atoms with van der Waals surface area (Å²) in [6.45, 7) is 3.59. The summed E-state index contributed by atoms with van der Waals surface area (Å²) in [5, 5.41) is 4.56. The molecule has 1 fully saturated rings. The molecule has 2 aromatic carbocycles. The van der Waals surface area contributed by atoms with Crippen LogP contribution >= 0.6 is 11.3 Å². The van der Waals surface area contributed by atoms with Crippen molar-refractivity contribution in [3.63, 3.8) is 0 Å². The fourth-order valence-electron chi connectivity index (χ4n) is 3.52. The Hall–Kier alpha value is -1.82. The van der Waals surface area contributed by atoms with Crippen molar-refractivity contribution in [2.75, 3.05) is 26.2 Å². The van der Waals surface area contributed by atoms with Gasteiger partial charge < -0.3 is 5.32 Å². The van der Waals surface area contributed by atoms with Crippen molar-refractivity contribution in [1.82, 2.24) is 10.2 Å². The van der Waals surface area contributed by atoms with Gasteiger partial charge in [-0.1, -0.05) is 24.3 Å². The molecule has 2 heterocycles. The second kappa shape index (κ2) is 7.20. The first kappa shape index (κ1) is 16.6. The molecule has 0 saturated carbocycles. The minimum atomic E-state index is -0.533. The number of benzene rings is 2. The van der Waals surface area contributed by atoms with Crippen LogP contribution < -0.4 is 5.32 Å². The van der Waals surface area contributed by atoms with E-state index in [0.717, 1.165) is 43.5 Å². The lowest BCUT2D eigenvalue weighted by atomic mass is 10.0. The Balaban J connectivity index is 1.82. The number of nitrogens with zero attached hydrogens (tertiary/aromatic N) is 1. The van der Waals surface area contributed by atoms with Crippen LogP contribution in [0.25, 0.3) is 10.1 Å². The molecule has 4 rings (SSSR count). The van der Waals surface area contributed by atoms with Gasteiger partial charge in [-0.25, -0.2) is 8.78 Å². The lowest BCUT2D eigenvalue weighted by Crippen LogP contribution is -2.33. The molecule has 1 aliphatic rings. The monoisotopic (exact) mass is 358 g/mol. The zero-order valence-corrected chi connectivity index (χ0v) is 14.7. The molecular weight excluding hydrogens is 338 g/mol. The van der Waals surface area contributed by atoms with Crippen LogP contribution in [0.2, 0.25) is 0 Å². The molecule has 2 nitrogen and oxygen atoms in total. The zero-order chi connectivity index (χ0) is 17.2. The van der Waals surface area contributed by atoms with Crippen LogP contribution in [0, 0.1) is 11.6 Å². The van der Waals surface area contributed by atoms with Gasteiger partial charge in [0.15, 0.2) is 0 Å². The first-order valence-corrected chi connectivity index (χ1v) is 9.42. The van der Waals surface area contributed by atoms with Crippen molar-refractivity contribution >= 4 is 21.4 Å². The predicted molar refractivity (Wildman–Crippen MR) is 99.1 cm³/mol. The summed E-state index contributed by atoms with van der Waals surface area (Å²) in [5.74, 6) is -1.01. The van der Waals surface area contributed by atoms with Crippen molar-refractivity contribution in [1.29, 1.82) is 0 Å². The number of hydrogen-bond donors (Lipinski definition) is 1. The summed E-state index contributed by atoms with van der Waals surface area (Å²) < 4.78 is 29.2. The van der Waals surface area contributed by atoms with E-state index in [-0.39, 0.29) is 6.04 Å². The molecule has 1 aromatic heterocycles. The van der Waals surface area contributed by atoms with Gasteiger partial charge in [0.2, 0.25) is 0 Å². The normalized spacial score (nSPS) is 17.5. The van der Waals surface area contributed by atoms with E-state index in [2.05, 4.69) is 28.4 Å². The highest BCUT2D eigenvalue weighted by Crippen LogP contribution is 2.38. The maximum atomic E-state index is 14.6. The van der Waals surface area contributed by atoms with Crippen molar-refractivity contribution < 1.29 is 8.78 Å². The van der Waals surface area contributed by atoms with E-state index in [1.165, 1.54) is 16.2 Å². The van der Waals surface area contributed by atoms with E-state index in [0.29, 0.717) is 5.56 Å². The number of halogens is 2. The SMILES string of the molecule is Fc1ccc(C(c2cc3ccccc3s2)N2CCCNCC2)c(F)c1. The van der Waals surface area contributed by atoms with Gasteiger partial charge in [0.1, 0.15) is 11.6 Å². The molecule has 25 heavy (non-hydrogen) atoms. The Morgan fingerprint density at radius 1 is 1.00 bits per heavy atom. The smallest absolute Gasteiger partial charge is 0.131 e. The second-order valence-electron chi connectivity index (χ2n) is 6.39. The van der Waals surface area contributed by atoms with Crippen molar-refractivity contribution in [3.05, 3.63) is 70.6 Å². The van der Waals surface area contributed by atoms with Crippen LogP contribution in [-0.4, -0.2) is 31.1 Å². The maximum absolute atomic E-state index is 14.6. The van der Waals surface area contributed by atoms with E-state index >= 15 is 0 Å². The summed E-state index contributed by atoms with van der Waals surface area (Å²) in [5.41, 5.74) is 0.551. The van der Waals surface area contributed by atoms with Crippen LogP contribution in [0.5, 0.6) is 0 Å². The van der Waals surface area contributed by atoms with Gasteiger partial charge in [0.05, 0.1) is 6.04 Å². The van der Waals surface area contributed by atoms with Gasteiger partial charge in [-0.2, -0.15) is 0 Å². The Bertz CT molecular complexity index is 836. The highest BCUT2D eigenvalue weighted by molar-refractivity contribution is 7.19. The Labute approximate surface area is 150 Å². The average molecular weight is 358 g/mol. The topological polar surface area (TPSA) is 15.3 Å². The fourth-order valence-corrected chi connectivity index (χ4v) is 4.73. The van der Waals surface area contributed by atoms with Crippen LogP contribution in [0.4, 0.5) is 8.78 Å². The van der Waals surface area contributed by atoms with E-state index in [9.17, 15) is 8.78 Å². The molecule has 1 aliphatic heterocycles. The molecule has 1 N–H and O–H groups in total. The molecule has 3 aromatic rings. The number of nitrogens with one attached hydrogen (secondary N) is 1. The average Bonchev–Trinajstić information content (AvgIpc) is 2.84. The minimum absolute atomic E-state index is 0.183. The Morgan fingerprint density at radius 3 is 2.72 bits per heavy atom. The highest BCUT2D eigenvalue weighted by Gasteiger charge is 2.27. The van der Waals surface area contributed by atoms with Gasteiger partial charge in [0, 0.05) is 40.8 Å². The summed E-state index contributed by atoms with van der Waals surface area (Å²) in [6, 6.07) is 14.1. The standard InChI is InChI=1S/C20H20F2N2S/c21-15-6-7-16(17(22)13-15)20(24-10-3-8-23-9-11-24)19-12-14-4-1-2-5-18(14)25-19/h1-2,4-7,12-13,20,23H,3,8-11H2. The number of fused-ring (bicyclic) bond motifs is 1. The highest BCUT2D eigenvalue weighted by atomic mass is 32.1.